The van der Waals surface area contributed by atoms with Crippen molar-refractivity contribution >= 4 is 5.91 Å². The Morgan fingerprint density at radius 1 is 0.515 bits per heavy atom. The van der Waals surface area contributed by atoms with Crippen LogP contribution in [0.25, 0.3) is 0 Å². The highest BCUT2D eigenvalue weighted by Gasteiger charge is 2.44. The summed E-state index contributed by atoms with van der Waals surface area (Å²) < 4.78 is 11.2. The van der Waals surface area contributed by atoms with Crippen molar-refractivity contribution in [3.8, 4) is 0 Å². The van der Waals surface area contributed by atoms with Gasteiger partial charge in [0.2, 0.25) is 5.91 Å². The Kier molecular flexibility index (Phi) is 44.6. The number of ether oxygens (including phenoxy) is 2. The predicted octanol–water partition coefficient (Wildman–Crippen LogP) is 13.6. The van der Waals surface area contributed by atoms with Gasteiger partial charge in [0, 0.05) is 6.42 Å². The highest BCUT2D eigenvalue weighted by molar-refractivity contribution is 5.76. The summed E-state index contributed by atoms with van der Waals surface area (Å²) in [5, 5.41) is 54.2. The third-order valence-corrected chi connectivity index (χ3v) is 13.5. The molecule has 1 saturated heterocycles. The molecule has 9 heteroatoms. The van der Waals surface area contributed by atoms with E-state index in [4.69, 9.17) is 9.47 Å². The Balaban J connectivity index is 2.08. The van der Waals surface area contributed by atoms with Crippen LogP contribution in [0, 0.1) is 0 Å². The fourth-order valence-corrected chi connectivity index (χ4v) is 8.95. The van der Waals surface area contributed by atoms with E-state index in [0.29, 0.717) is 6.42 Å². The van der Waals surface area contributed by atoms with Crippen LogP contribution in [0.1, 0.15) is 264 Å². The minimum atomic E-state index is -1.56. The lowest BCUT2D eigenvalue weighted by atomic mass is 9.99. The van der Waals surface area contributed by atoms with E-state index in [1.54, 1.807) is 6.08 Å². The number of unbranched alkanes of at least 4 members (excludes halogenated alkanes) is 34. The van der Waals surface area contributed by atoms with Crippen molar-refractivity contribution < 1.29 is 39.8 Å². The summed E-state index contributed by atoms with van der Waals surface area (Å²) in [6.45, 7) is 3.76. The zero-order valence-corrected chi connectivity index (χ0v) is 43.0. The number of hydrogen-bond acceptors (Lipinski definition) is 8. The van der Waals surface area contributed by atoms with Crippen molar-refractivity contribution in [2.75, 3.05) is 13.2 Å². The molecular formula is C57H107NO8. The Labute approximate surface area is 406 Å². The lowest BCUT2D eigenvalue weighted by molar-refractivity contribution is -0.302. The number of carbonyl (C=O) groups is 1. The number of carbonyl (C=O) groups excluding carboxylic acids is 1. The molecule has 1 fully saturated rings. The van der Waals surface area contributed by atoms with Gasteiger partial charge in [0.15, 0.2) is 6.29 Å². The molecule has 7 unspecified atom stereocenters. The topological polar surface area (TPSA) is 149 Å². The standard InChI is InChI=1S/C57H107NO8/c1-3-5-7-9-11-13-15-16-17-18-19-20-21-22-23-24-25-26-27-28-29-30-31-32-33-34-35-36-37-39-41-43-45-47-53(61)58-50(49-65-57-56(64)55(63)54(62)52(48-59)66-57)51(60)46-44-42-40-38-14-12-10-8-6-4-2/h19-20,22-23,44,46,50-52,54-57,59-60,62-64H,3-18,21,24-43,45,47-49H2,1-2H3,(H,58,61)/b20-19-,23-22-,46-44+. The van der Waals surface area contributed by atoms with Gasteiger partial charge < -0.3 is 40.3 Å². The number of nitrogens with one attached hydrogen (secondary N) is 1. The Hall–Kier alpha value is -1.59. The molecule has 0 spiro atoms. The first kappa shape index (κ1) is 62.4. The minimum absolute atomic E-state index is 0.176. The molecule has 1 heterocycles. The zero-order valence-electron chi connectivity index (χ0n) is 43.0. The summed E-state index contributed by atoms with van der Waals surface area (Å²) in [7, 11) is 0. The maximum Gasteiger partial charge on any atom is 0.220 e. The van der Waals surface area contributed by atoms with E-state index in [1.807, 2.05) is 6.08 Å². The number of allylic oxidation sites excluding steroid dienone is 5. The smallest absolute Gasteiger partial charge is 0.220 e. The molecular weight excluding hydrogens is 827 g/mol. The van der Waals surface area contributed by atoms with Gasteiger partial charge in [-0.25, -0.2) is 0 Å². The number of aliphatic hydroxyl groups excluding tert-OH is 5. The zero-order chi connectivity index (χ0) is 48.0. The summed E-state index contributed by atoms with van der Waals surface area (Å²) in [6.07, 6.45) is 53.8. The van der Waals surface area contributed by atoms with E-state index in [9.17, 15) is 30.3 Å². The molecule has 7 atom stereocenters. The van der Waals surface area contributed by atoms with Crippen LogP contribution in [0.15, 0.2) is 36.5 Å². The summed E-state index contributed by atoms with van der Waals surface area (Å²) in [6, 6.07) is -0.801. The third kappa shape index (κ3) is 36.4. The van der Waals surface area contributed by atoms with Crippen molar-refractivity contribution in [1.82, 2.24) is 5.32 Å². The molecule has 9 nitrogen and oxygen atoms in total. The summed E-state index contributed by atoms with van der Waals surface area (Å²) in [5.74, 6) is -0.176. The van der Waals surface area contributed by atoms with Crippen LogP contribution in [-0.4, -0.2) is 87.5 Å². The first-order valence-electron chi connectivity index (χ1n) is 28.2. The van der Waals surface area contributed by atoms with Gasteiger partial charge in [0.05, 0.1) is 25.4 Å². The summed E-state index contributed by atoms with van der Waals surface area (Å²) in [4.78, 5) is 13.0. The van der Waals surface area contributed by atoms with Crippen LogP contribution in [0.3, 0.4) is 0 Å². The number of amides is 1. The maximum absolute atomic E-state index is 13.0. The fraction of sp³-hybridized carbons (Fsp3) is 0.877. The van der Waals surface area contributed by atoms with Crippen LogP contribution in [0.5, 0.6) is 0 Å². The third-order valence-electron chi connectivity index (χ3n) is 13.5. The fourth-order valence-electron chi connectivity index (χ4n) is 8.95. The predicted molar refractivity (Wildman–Crippen MR) is 276 cm³/mol. The van der Waals surface area contributed by atoms with Crippen molar-refractivity contribution in [2.45, 2.75) is 307 Å². The molecule has 0 aromatic carbocycles. The normalized spacial score (nSPS) is 20.0. The second-order valence-corrected chi connectivity index (χ2v) is 19.7. The van der Waals surface area contributed by atoms with Gasteiger partial charge in [0.25, 0.3) is 0 Å². The van der Waals surface area contributed by atoms with Crippen molar-refractivity contribution in [2.24, 2.45) is 0 Å². The molecule has 1 rings (SSSR count). The number of aliphatic hydroxyl groups is 5. The van der Waals surface area contributed by atoms with Crippen LogP contribution < -0.4 is 5.32 Å². The highest BCUT2D eigenvalue weighted by Crippen LogP contribution is 2.23. The molecule has 66 heavy (non-hydrogen) atoms. The molecule has 1 aliphatic heterocycles. The Morgan fingerprint density at radius 3 is 1.30 bits per heavy atom. The molecule has 0 aromatic rings. The molecule has 0 saturated carbocycles. The molecule has 1 amide bonds. The second kappa shape index (κ2) is 47.1. The van der Waals surface area contributed by atoms with E-state index in [0.717, 1.165) is 44.9 Å². The van der Waals surface area contributed by atoms with Gasteiger partial charge >= 0.3 is 0 Å². The maximum atomic E-state index is 13.0. The van der Waals surface area contributed by atoms with Crippen LogP contribution >= 0.6 is 0 Å². The molecule has 0 aromatic heterocycles. The van der Waals surface area contributed by atoms with Crippen LogP contribution in [0.4, 0.5) is 0 Å². The van der Waals surface area contributed by atoms with E-state index >= 15 is 0 Å². The van der Waals surface area contributed by atoms with Crippen LogP contribution in [-0.2, 0) is 14.3 Å². The lowest BCUT2D eigenvalue weighted by Crippen LogP contribution is -2.60. The van der Waals surface area contributed by atoms with Crippen molar-refractivity contribution in [3.05, 3.63) is 36.5 Å². The second-order valence-electron chi connectivity index (χ2n) is 19.7. The van der Waals surface area contributed by atoms with Gasteiger partial charge in [0.1, 0.15) is 24.4 Å². The Bertz CT molecular complexity index is 1130. The van der Waals surface area contributed by atoms with Crippen molar-refractivity contribution in [1.29, 1.82) is 0 Å². The average molecular weight is 934 g/mol. The number of hydrogen-bond donors (Lipinski definition) is 6. The van der Waals surface area contributed by atoms with Crippen LogP contribution in [0.2, 0.25) is 0 Å². The molecule has 6 N–H and O–H groups in total. The average Bonchev–Trinajstić information content (AvgIpc) is 3.32. The molecule has 1 aliphatic rings. The van der Waals surface area contributed by atoms with E-state index < -0.39 is 49.5 Å². The van der Waals surface area contributed by atoms with Gasteiger partial charge in [-0.2, -0.15) is 0 Å². The van der Waals surface area contributed by atoms with Gasteiger partial charge in [-0.05, 0) is 51.4 Å². The van der Waals surface area contributed by atoms with E-state index in [1.165, 1.54) is 199 Å². The summed E-state index contributed by atoms with van der Waals surface area (Å²) >= 11 is 0. The Morgan fingerprint density at radius 2 is 0.894 bits per heavy atom. The number of rotatable bonds is 48. The SMILES string of the molecule is CCCCCCCCCC/C=C/C(O)C(COC1OC(CO)C(O)C(O)C1O)NC(=O)CCCCCCCCCCCCCCCCCCC/C=C\C/C=C\CCCCCCCCCCC. The molecule has 0 radical (unpaired) electrons. The van der Waals surface area contributed by atoms with Crippen molar-refractivity contribution in [3.63, 3.8) is 0 Å². The monoisotopic (exact) mass is 934 g/mol. The summed E-state index contributed by atoms with van der Waals surface area (Å²) in [5.41, 5.74) is 0. The van der Waals surface area contributed by atoms with Gasteiger partial charge in [-0.15, -0.1) is 0 Å². The molecule has 0 aliphatic carbocycles. The highest BCUT2D eigenvalue weighted by atomic mass is 16.7. The lowest BCUT2D eigenvalue weighted by Gasteiger charge is -2.40. The van der Waals surface area contributed by atoms with Gasteiger partial charge in [-0.3, -0.25) is 4.79 Å². The quantitative estimate of drug-likeness (QED) is 0.0261. The minimum Gasteiger partial charge on any atom is -0.394 e. The molecule has 0 bridgehead atoms. The van der Waals surface area contributed by atoms with E-state index in [2.05, 4.69) is 43.5 Å². The van der Waals surface area contributed by atoms with E-state index in [-0.39, 0.29) is 12.5 Å². The molecule has 388 valence electrons. The first-order chi connectivity index (χ1) is 32.3. The largest absolute Gasteiger partial charge is 0.394 e. The van der Waals surface area contributed by atoms with Gasteiger partial charge in [-0.1, -0.05) is 243 Å². The first-order valence-corrected chi connectivity index (χ1v) is 28.2.